The van der Waals surface area contributed by atoms with E-state index in [9.17, 15) is 5.11 Å². The van der Waals surface area contributed by atoms with Crippen molar-refractivity contribution in [2.75, 3.05) is 26.2 Å². The summed E-state index contributed by atoms with van der Waals surface area (Å²) in [6.45, 7) is 4.77. The van der Waals surface area contributed by atoms with Gasteiger partial charge in [0.25, 0.3) is 0 Å². The Hall–Kier alpha value is -0.940. The van der Waals surface area contributed by atoms with Crippen molar-refractivity contribution in [3.05, 3.63) is 35.4 Å². The minimum Gasteiger partial charge on any atom is -0.395 e. The molecule has 4 heteroatoms. The highest BCUT2D eigenvalue weighted by Crippen LogP contribution is 2.15. The number of nitrogens with zero attached hydrogens (tertiary/aromatic N) is 1. The van der Waals surface area contributed by atoms with Gasteiger partial charge in [-0.3, -0.25) is 4.90 Å². The fourth-order valence-corrected chi connectivity index (χ4v) is 1.98. The summed E-state index contributed by atoms with van der Waals surface area (Å²) in [5, 5.41) is 19.1. The molecule has 1 unspecified atom stereocenters. The number of nitrogens with two attached hydrogens (primary N) is 1. The van der Waals surface area contributed by atoms with Gasteiger partial charge in [0.1, 0.15) is 0 Å². The SMILES string of the molecule is CCCN(CCO)CC(O)c1ccc(CN)cc1. The van der Waals surface area contributed by atoms with E-state index in [-0.39, 0.29) is 6.61 Å². The Bertz CT molecular complexity index is 321. The monoisotopic (exact) mass is 252 g/mol. The highest BCUT2D eigenvalue weighted by molar-refractivity contribution is 5.24. The Kier molecular flexibility index (Phi) is 6.90. The third-order valence-electron chi connectivity index (χ3n) is 2.99. The molecule has 0 aliphatic carbocycles. The summed E-state index contributed by atoms with van der Waals surface area (Å²) in [5.41, 5.74) is 7.49. The van der Waals surface area contributed by atoms with E-state index in [1.165, 1.54) is 0 Å². The van der Waals surface area contributed by atoms with Gasteiger partial charge in [0.2, 0.25) is 0 Å². The van der Waals surface area contributed by atoms with E-state index in [0.29, 0.717) is 19.6 Å². The summed E-state index contributed by atoms with van der Waals surface area (Å²) in [4.78, 5) is 2.07. The maximum atomic E-state index is 10.2. The fourth-order valence-electron chi connectivity index (χ4n) is 1.98. The van der Waals surface area contributed by atoms with Gasteiger partial charge in [-0.05, 0) is 24.1 Å². The maximum absolute atomic E-state index is 10.2. The molecule has 0 aromatic heterocycles. The third kappa shape index (κ3) is 4.74. The molecule has 0 heterocycles. The molecule has 1 rings (SSSR count). The highest BCUT2D eigenvalue weighted by atomic mass is 16.3. The molecule has 4 N–H and O–H groups in total. The molecule has 0 aliphatic rings. The van der Waals surface area contributed by atoms with E-state index in [1.807, 2.05) is 24.3 Å². The topological polar surface area (TPSA) is 69.7 Å². The van der Waals surface area contributed by atoms with Crippen LogP contribution in [-0.4, -0.2) is 41.4 Å². The molecular formula is C14H24N2O2. The van der Waals surface area contributed by atoms with E-state index in [4.69, 9.17) is 10.8 Å². The van der Waals surface area contributed by atoms with E-state index >= 15 is 0 Å². The van der Waals surface area contributed by atoms with Crippen LogP contribution in [0.4, 0.5) is 0 Å². The van der Waals surface area contributed by atoms with Crippen molar-refractivity contribution >= 4 is 0 Å². The molecule has 0 bridgehead atoms. The van der Waals surface area contributed by atoms with Gasteiger partial charge in [-0.2, -0.15) is 0 Å². The van der Waals surface area contributed by atoms with Gasteiger partial charge >= 0.3 is 0 Å². The van der Waals surface area contributed by atoms with Gasteiger partial charge in [-0.25, -0.2) is 0 Å². The molecule has 1 aromatic rings. The number of benzene rings is 1. The molecule has 0 spiro atoms. The van der Waals surface area contributed by atoms with Crippen molar-refractivity contribution in [2.45, 2.75) is 26.0 Å². The Morgan fingerprint density at radius 3 is 2.39 bits per heavy atom. The van der Waals surface area contributed by atoms with Crippen LogP contribution in [0.25, 0.3) is 0 Å². The van der Waals surface area contributed by atoms with Crippen LogP contribution in [0.3, 0.4) is 0 Å². The Labute approximate surface area is 109 Å². The summed E-state index contributed by atoms with van der Waals surface area (Å²) in [5.74, 6) is 0. The molecule has 18 heavy (non-hydrogen) atoms. The van der Waals surface area contributed by atoms with Crippen molar-refractivity contribution in [3.63, 3.8) is 0 Å². The smallest absolute Gasteiger partial charge is 0.0916 e. The average Bonchev–Trinajstić information content (AvgIpc) is 2.39. The van der Waals surface area contributed by atoms with Crippen LogP contribution >= 0.6 is 0 Å². The standard InChI is InChI=1S/C14H24N2O2/c1-2-7-16(8-9-17)11-14(18)13-5-3-12(10-15)4-6-13/h3-6,14,17-18H,2,7-11,15H2,1H3. The molecule has 0 fully saturated rings. The van der Waals surface area contributed by atoms with Crippen LogP contribution in [0.2, 0.25) is 0 Å². The molecular weight excluding hydrogens is 228 g/mol. The van der Waals surface area contributed by atoms with Crippen LogP contribution in [-0.2, 0) is 6.54 Å². The van der Waals surface area contributed by atoms with Crippen LogP contribution in [0.1, 0.15) is 30.6 Å². The Morgan fingerprint density at radius 2 is 1.89 bits per heavy atom. The molecule has 0 saturated carbocycles. The number of aliphatic hydroxyl groups excluding tert-OH is 2. The zero-order chi connectivity index (χ0) is 13.4. The van der Waals surface area contributed by atoms with Crippen molar-refractivity contribution in [2.24, 2.45) is 5.73 Å². The maximum Gasteiger partial charge on any atom is 0.0916 e. The van der Waals surface area contributed by atoms with Crippen molar-refractivity contribution in [3.8, 4) is 0 Å². The molecule has 0 saturated heterocycles. The molecule has 4 nitrogen and oxygen atoms in total. The molecule has 0 amide bonds. The number of hydrogen-bond acceptors (Lipinski definition) is 4. The van der Waals surface area contributed by atoms with Crippen molar-refractivity contribution in [1.82, 2.24) is 4.90 Å². The van der Waals surface area contributed by atoms with E-state index < -0.39 is 6.10 Å². The predicted octanol–water partition coefficient (Wildman–Crippen LogP) is 0.883. The van der Waals surface area contributed by atoms with Crippen molar-refractivity contribution in [1.29, 1.82) is 0 Å². The minimum absolute atomic E-state index is 0.124. The van der Waals surface area contributed by atoms with Gasteiger partial charge < -0.3 is 15.9 Å². The average molecular weight is 252 g/mol. The zero-order valence-electron chi connectivity index (χ0n) is 11.0. The van der Waals surface area contributed by atoms with Gasteiger partial charge in [-0.1, -0.05) is 31.2 Å². The lowest BCUT2D eigenvalue weighted by molar-refractivity contribution is 0.0998. The van der Waals surface area contributed by atoms with E-state index in [1.54, 1.807) is 0 Å². The van der Waals surface area contributed by atoms with Gasteiger partial charge in [-0.15, -0.1) is 0 Å². The summed E-state index contributed by atoms with van der Waals surface area (Å²) < 4.78 is 0. The summed E-state index contributed by atoms with van der Waals surface area (Å²) in [7, 11) is 0. The second-order valence-electron chi connectivity index (χ2n) is 4.49. The first-order valence-corrected chi connectivity index (χ1v) is 6.51. The summed E-state index contributed by atoms with van der Waals surface area (Å²) >= 11 is 0. The summed E-state index contributed by atoms with van der Waals surface area (Å²) in [6, 6.07) is 7.70. The second-order valence-corrected chi connectivity index (χ2v) is 4.49. The molecule has 1 aromatic carbocycles. The predicted molar refractivity (Wildman–Crippen MR) is 73.1 cm³/mol. The molecule has 0 aliphatic heterocycles. The van der Waals surface area contributed by atoms with E-state index in [2.05, 4.69) is 11.8 Å². The van der Waals surface area contributed by atoms with E-state index in [0.717, 1.165) is 24.1 Å². The van der Waals surface area contributed by atoms with Crippen LogP contribution < -0.4 is 5.73 Å². The van der Waals surface area contributed by atoms with Gasteiger partial charge in [0.15, 0.2) is 0 Å². The van der Waals surface area contributed by atoms with Crippen LogP contribution in [0.15, 0.2) is 24.3 Å². The van der Waals surface area contributed by atoms with Crippen molar-refractivity contribution < 1.29 is 10.2 Å². The normalized spacial score (nSPS) is 12.9. The quantitative estimate of drug-likeness (QED) is 0.642. The van der Waals surface area contributed by atoms with Gasteiger partial charge in [0.05, 0.1) is 12.7 Å². The van der Waals surface area contributed by atoms with Crippen LogP contribution in [0, 0.1) is 0 Å². The lowest BCUT2D eigenvalue weighted by Crippen LogP contribution is -2.32. The largest absolute Gasteiger partial charge is 0.395 e. The summed E-state index contributed by atoms with van der Waals surface area (Å²) in [6.07, 6.45) is 0.494. The highest BCUT2D eigenvalue weighted by Gasteiger charge is 2.12. The number of hydrogen-bond donors (Lipinski definition) is 3. The molecule has 102 valence electrons. The second kappa shape index (κ2) is 8.21. The number of rotatable bonds is 8. The lowest BCUT2D eigenvalue weighted by Gasteiger charge is -2.24. The first-order chi connectivity index (χ1) is 8.71. The molecule has 1 atom stereocenters. The fraction of sp³-hybridized carbons (Fsp3) is 0.571. The number of aliphatic hydroxyl groups is 2. The first kappa shape index (κ1) is 15.1. The Morgan fingerprint density at radius 1 is 1.22 bits per heavy atom. The first-order valence-electron chi connectivity index (χ1n) is 6.51. The lowest BCUT2D eigenvalue weighted by atomic mass is 10.1. The Balaban J connectivity index is 2.58. The molecule has 0 radical (unpaired) electrons. The third-order valence-corrected chi connectivity index (χ3v) is 2.99. The zero-order valence-corrected chi connectivity index (χ0v) is 11.0. The van der Waals surface area contributed by atoms with Crippen LogP contribution in [0.5, 0.6) is 0 Å². The van der Waals surface area contributed by atoms with Gasteiger partial charge in [0, 0.05) is 19.6 Å². The minimum atomic E-state index is -0.519.